The Hall–Kier alpha value is -2.53. The summed E-state index contributed by atoms with van der Waals surface area (Å²) in [5, 5.41) is 3.54. The molecule has 3 aromatic rings. The molecule has 0 atom stereocenters. The molecule has 0 radical (unpaired) electrons. The van der Waals surface area contributed by atoms with Gasteiger partial charge in [-0.15, -0.1) is 0 Å². The molecular formula is C28H36N4O4S2. The van der Waals surface area contributed by atoms with Gasteiger partial charge in [0.1, 0.15) is 5.75 Å². The Labute approximate surface area is 229 Å². The first-order chi connectivity index (χ1) is 18.1. The first kappa shape index (κ1) is 27.1. The number of hydrogen-bond acceptors (Lipinski definition) is 7. The molecule has 0 unspecified atom stereocenters. The maximum atomic E-state index is 13.4. The van der Waals surface area contributed by atoms with Crippen LogP contribution in [0.4, 0.5) is 5.13 Å². The summed E-state index contributed by atoms with van der Waals surface area (Å²) in [4.78, 5) is 19.5. The Morgan fingerprint density at radius 3 is 2.58 bits per heavy atom. The molecule has 2 aliphatic heterocycles. The fraction of sp³-hybridized carbons (Fsp3) is 0.500. The van der Waals surface area contributed by atoms with E-state index in [9.17, 15) is 13.2 Å². The summed E-state index contributed by atoms with van der Waals surface area (Å²) in [5.74, 6) is 0.743. The zero-order valence-corrected chi connectivity index (χ0v) is 23.9. The van der Waals surface area contributed by atoms with E-state index in [4.69, 9.17) is 4.74 Å². The lowest BCUT2D eigenvalue weighted by molar-refractivity contribution is -0.117. The molecule has 1 spiro atoms. The van der Waals surface area contributed by atoms with Crippen molar-refractivity contribution in [2.45, 2.75) is 51.3 Å². The van der Waals surface area contributed by atoms with Crippen LogP contribution < -0.4 is 10.1 Å². The van der Waals surface area contributed by atoms with E-state index in [0.717, 1.165) is 53.9 Å². The number of nitrogens with zero attached hydrogens (tertiary/aromatic N) is 3. The Bertz CT molecular complexity index is 1400. The lowest BCUT2D eigenvalue weighted by Crippen LogP contribution is -2.45. The number of piperidine rings is 1. The summed E-state index contributed by atoms with van der Waals surface area (Å²) < 4.78 is 35.1. The summed E-state index contributed by atoms with van der Waals surface area (Å²) >= 11 is 1.44. The number of fused-ring (bicyclic) bond motifs is 1. The van der Waals surface area contributed by atoms with E-state index in [2.05, 4.69) is 15.2 Å². The fourth-order valence-electron chi connectivity index (χ4n) is 6.02. The molecule has 1 amide bonds. The van der Waals surface area contributed by atoms with Crippen LogP contribution in [0.15, 0.2) is 48.5 Å². The predicted molar refractivity (Wildman–Crippen MR) is 152 cm³/mol. The SMILES string of the molecule is CCOc1ccc2nc(NC(=O)CN3CCC4(CC3)CN(S(=O)(=O)Cc3ccccc3)C(C)(C)C4)sc2c1. The van der Waals surface area contributed by atoms with Gasteiger partial charge in [-0.2, -0.15) is 4.31 Å². The van der Waals surface area contributed by atoms with Gasteiger partial charge < -0.3 is 10.1 Å². The highest BCUT2D eigenvalue weighted by atomic mass is 32.2. The van der Waals surface area contributed by atoms with E-state index < -0.39 is 15.6 Å². The number of sulfonamides is 1. The molecule has 0 bridgehead atoms. The largest absolute Gasteiger partial charge is 0.494 e. The number of aromatic nitrogens is 1. The van der Waals surface area contributed by atoms with Crippen molar-refractivity contribution in [1.82, 2.24) is 14.2 Å². The van der Waals surface area contributed by atoms with Gasteiger partial charge in [-0.05, 0) is 82.3 Å². The molecule has 2 aromatic carbocycles. The van der Waals surface area contributed by atoms with Gasteiger partial charge in [0.05, 0.1) is 29.1 Å². The van der Waals surface area contributed by atoms with Gasteiger partial charge in [-0.25, -0.2) is 13.4 Å². The molecule has 0 saturated carbocycles. The number of hydrogen-bond donors (Lipinski definition) is 1. The third-order valence-corrected chi connectivity index (χ3v) is 10.6. The average Bonchev–Trinajstić information content (AvgIpc) is 3.38. The summed E-state index contributed by atoms with van der Waals surface area (Å²) in [6.07, 6.45) is 2.59. The molecule has 1 N–H and O–H groups in total. The van der Waals surface area contributed by atoms with Gasteiger partial charge in [0.2, 0.25) is 15.9 Å². The van der Waals surface area contributed by atoms with Crippen molar-refractivity contribution in [3.8, 4) is 5.75 Å². The van der Waals surface area contributed by atoms with E-state index in [1.807, 2.05) is 69.3 Å². The number of carbonyl (C=O) groups excluding carboxylic acids is 1. The number of nitrogens with one attached hydrogen (secondary N) is 1. The van der Waals surface area contributed by atoms with Crippen LogP contribution in [0.1, 0.15) is 45.6 Å². The molecule has 1 aromatic heterocycles. The van der Waals surface area contributed by atoms with Crippen LogP contribution in [0.3, 0.4) is 0 Å². The third kappa shape index (κ3) is 5.88. The topological polar surface area (TPSA) is 91.8 Å². The predicted octanol–water partition coefficient (Wildman–Crippen LogP) is 4.73. The quantitative estimate of drug-likeness (QED) is 0.431. The van der Waals surface area contributed by atoms with Gasteiger partial charge in [0, 0.05) is 12.1 Å². The second kappa shape index (κ2) is 10.6. The van der Waals surface area contributed by atoms with E-state index in [1.54, 1.807) is 4.31 Å². The number of ether oxygens (including phenoxy) is 1. The van der Waals surface area contributed by atoms with Crippen molar-refractivity contribution in [3.05, 3.63) is 54.1 Å². The normalized spacial score (nSPS) is 19.7. The molecule has 0 aliphatic carbocycles. The zero-order chi connectivity index (χ0) is 27.0. The number of likely N-dealkylation sites (tertiary alicyclic amines) is 1. The van der Waals surface area contributed by atoms with Crippen LogP contribution in [0, 0.1) is 5.41 Å². The molecular weight excluding hydrogens is 520 g/mol. The number of anilines is 1. The van der Waals surface area contributed by atoms with Crippen molar-refractivity contribution in [3.63, 3.8) is 0 Å². The standard InChI is InChI=1S/C28H36N4O4S2/c1-4-36-22-10-11-23-24(16-22)37-26(29-23)30-25(33)17-31-14-12-28(13-15-31)19-27(2,3)32(20-28)38(34,35)18-21-8-6-5-7-9-21/h5-11,16H,4,12-15,17-20H2,1-3H3,(H,29,30,33). The summed E-state index contributed by atoms with van der Waals surface area (Å²) in [6, 6.07) is 15.1. The highest BCUT2D eigenvalue weighted by molar-refractivity contribution is 7.88. The maximum Gasteiger partial charge on any atom is 0.240 e. The number of carbonyl (C=O) groups is 1. The first-order valence-corrected chi connectivity index (χ1v) is 15.6. The Kier molecular flexibility index (Phi) is 7.52. The average molecular weight is 557 g/mol. The van der Waals surface area contributed by atoms with E-state index in [1.165, 1.54) is 11.3 Å². The molecule has 5 rings (SSSR count). The van der Waals surface area contributed by atoms with Gasteiger partial charge in [-0.3, -0.25) is 9.69 Å². The number of benzene rings is 2. The van der Waals surface area contributed by atoms with E-state index in [0.29, 0.717) is 24.8 Å². The van der Waals surface area contributed by atoms with Crippen molar-refractivity contribution in [1.29, 1.82) is 0 Å². The minimum atomic E-state index is -3.44. The first-order valence-electron chi connectivity index (χ1n) is 13.2. The Balaban J connectivity index is 1.17. The minimum Gasteiger partial charge on any atom is -0.494 e. The molecule has 38 heavy (non-hydrogen) atoms. The molecule has 10 heteroatoms. The molecule has 2 saturated heterocycles. The van der Waals surface area contributed by atoms with Crippen molar-refractivity contribution < 1.29 is 17.9 Å². The van der Waals surface area contributed by atoms with Crippen molar-refractivity contribution in [2.24, 2.45) is 5.41 Å². The van der Waals surface area contributed by atoms with Crippen LogP contribution in [-0.2, 0) is 20.6 Å². The zero-order valence-electron chi connectivity index (χ0n) is 22.3. The highest BCUT2D eigenvalue weighted by Gasteiger charge is 2.53. The lowest BCUT2D eigenvalue weighted by atomic mass is 9.74. The van der Waals surface area contributed by atoms with E-state index in [-0.39, 0.29) is 17.1 Å². The van der Waals surface area contributed by atoms with Gasteiger partial charge in [0.25, 0.3) is 0 Å². The summed E-state index contributed by atoms with van der Waals surface area (Å²) in [7, 11) is -3.44. The second-order valence-corrected chi connectivity index (χ2v) is 14.1. The fourth-order valence-corrected chi connectivity index (χ4v) is 8.98. The maximum absolute atomic E-state index is 13.4. The van der Waals surface area contributed by atoms with Crippen molar-refractivity contribution in [2.75, 3.05) is 38.1 Å². The van der Waals surface area contributed by atoms with Crippen LogP contribution in [0.5, 0.6) is 5.75 Å². The van der Waals surface area contributed by atoms with Crippen molar-refractivity contribution >= 4 is 42.6 Å². The molecule has 3 heterocycles. The van der Waals surface area contributed by atoms with E-state index >= 15 is 0 Å². The summed E-state index contributed by atoms with van der Waals surface area (Å²) in [6.45, 7) is 9.02. The van der Waals surface area contributed by atoms with Crippen LogP contribution >= 0.6 is 11.3 Å². The van der Waals surface area contributed by atoms with Crippen LogP contribution in [0.2, 0.25) is 0 Å². The number of amides is 1. The molecule has 8 nitrogen and oxygen atoms in total. The van der Waals surface area contributed by atoms with Gasteiger partial charge >= 0.3 is 0 Å². The number of rotatable bonds is 8. The lowest BCUT2D eigenvalue weighted by Gasteiger charge is -2.39. The van der Waals surface area contributed by atoms with Crippen LogP contribution in [0.25, 0.3) is 10.2 Å². The second-order valence-electron chi connectivity index (χ2n) is 11.1. The number of thiazole rings is 1. The monoisotopic (exact) mass is 556 g/mol. The highest BCUT2D eigenvalue weighted by Crippen LogP contribution is 2.49. The minimum absolute atomic E-state index is 0.0261. The Morgan fingerprint density at radius 2 is 1.87 bits per heavy atom. The van der Waals surface area contributed by atoms with Gasteiger partial charge in [0.15, 0.2) is 5.13 Å². The molecule has 2 aliphatic rings. The smallest absolute Gasteiger partial charge is 0.240 e. The summed E-state index contributed by atoms with van der Waals surface area (Å²) in [5.41, 5.74) is 1.17. The van der Waals surface area contributed by atoms with Crippen LogP contribution in [-0.4, -0.2) is 66.8 Å². The molecule has 2 fully saturated rings. The Morgan fingerprint density at radius 1 is 1.13 bits per heavy atom. The van der Waals surface area contributed by atoms with Gasteiger partial charge in [-0.1, -0.05) is 41.7 Å². The third-order valence-electron chi connectivity index (χ3n) is 7.69. The molecule has 204 valence electrons.